The summed E-state index contributed by atoms with van der Waals surface area (Å²) >= 11 is 0. The van der Waals surface area contributed by atoms with E-state index < -0.39 is 8.07 Å². The summed E-state index contributed by atoms with van der Waals surface area (Å²) in [6.07, 6.45) is 0. The molecule has 0 aromatic heterocycles. The zero-order chi connectivity index (χ0) is 16.9. The van der Waals surface area contributed by atoms with Crippen LogP contribution in [-0.4, -0.2) is 8.07 Å². The average Bonchev–Trinajstić information content (AvgIpc) is 2.46. The first-order valence-corrected chi connectivity index (χ1v) is 10.0. The molecule has 3 heteroatoms. The smallest absolute Gasteiger partial charge is 0.146 e. The van der Waals surface area contributed by atoms with Crippen LogP contribution >= 0.6 is 0 Å². The molecule has 0 saturated carbocycles. The van der Waals surface area contributed by atoms with Crippen molar-refractivity contribution >= 4 is 8.07 Å². The number of hydrogen-bond acceptors (Lipinski definition) is 2. The molecule has 0 fully saturated rings. The van der Waals surface area contributed by atoms with Gasteiger partial charge in [0.2, 0.25) is 0 Å². The van der Waals surface area contributed by atoms with Gasteiger partial charge in [0, 0.05) is 5.56 Å². The van der Waals surface area contributed by atoms with Crippen LogP contribution in [-0.2, 0) is 0 Å². The SMILES string of the molecule is CC(C)[Si](C#Cc1cccc(C#N)c1C#N)(C(C)C)C(C)C. The van der Waals surface area contributed by atoms with Crippen LogP contribution in [0.2, 0.25) is 16.6 Å². The van der Waals surface area contributed by atoms with Crippen LogP contribution in [0.15, 0.2) is 18.2 Å². The van der Waals surface area contributed by atoms with E-state index in [1.807, 2.05) is 6.07 Å². The molecule has 0 aliphatic rings. The van der Waals surface area contributed by atoms with Gasteiger partial charge in [0.05, 0.1) is 11.1 Å². The van der Waals surface area contributed by atoms with Gasteiger partial charge in [-0.2, -0.15) is 10.5 Å². The van der Waals surface area contributed by atoms with Gasteiger partial charge in [-0.25, -0.2) is 0 Å². The highest BCUT2D eigenvalue weighted by Gasteiger charge is 2.41. The first-order valence-electron chi connectivity index (χ1n) is 7.77. The number of nitriles is 2. The standard InChI is InChI=1S/C19H24N2Si/c1-14(2)22(15(3)4,16(5)6)11-10-17-8-7-9-18(12-20)19(17)13-21/h7-9,14-16H,1-6H3. The van der Waals surface area contributed by atoms with Crippen LogP contribution in [0.4, 0.5) is 0 Å². The van der Waals surface area contributed by atoms with Crippen molar-refractivity contribution in [2.45, 2.75) is 58.2 Å². The summed E-state index contributed by atoms with van der Waals surface area (Å²) < 4.78 is 0. The largest absolute Gasteiger partial charge is 0.192 e. The van der Waals surface area contributed by atoms with Gasteiger partial charge in [0.25, 0.3) is 0 Å². The Kier molecular flexibility index (Phi) is 5.98. The summed E-state index contributed by atoms with van der Waals surface area (Å²) in [5, 5.41) is 18.5. The van der Waals surface area contributed by atoms with E-state index in [0.717, 1.165) is 0 Å². The van der Waals surface area contributed by atoms with Crippen molar-refractivity contribution < 1.29 is 0 Å². The van der Waals surface area contributed by atoms with Crippen molar-refractivity contribution in [1.29, 1.82) is 10.5 Å². The van der Waals surface area contributed by atoms with Crippen LogP contribution in [0.3, 0.4) is 0 Å². The van der Waals surface area contributed by atoms with Gasteiger partial charge >= 0.3 is 0 Å². The molecule has 0 aliphatic heterocycles. The topological polar surface area (TPSA) is 47.6 Å². The molecule has 114 valence electrons. The zero-order valence-corrected chi connectivity index (χ0v) is 15.4. The minimum absolute atomic E-state index is 0.400. The highest BCUT2D eigenvalue weighted by molar-refractivity contribution is 6.90. The fourth-order valence-corrected chi connectivity index (χ4v) is 8.70. The Morgan fingerprint density at radius 1 is 0.818 bits per heavy atom. The zero-order valence-electron chi connectivity index (χ0n) is 14.4. The molecule has 2 nitrogen and oxygen atoms in total. The molecule has 0 amide bonds. The molecule has 1 rings (SSSR count). The first-order chi connectivity index (χ1) is 10.3. The van der Waals surface area contributed by atoms with Crippen molar-refractivity contribution in [2.75, 3.05) is 0 Å². The summed E-state index contributed by atoms with van der Waals surface area (Å²) in [4.78, 5) is 0. The molecular weight excluding hydrogens is 284 g/mol. The van der Waals surface area contributed by atoms with E-state index in [1.165, 1.54) is 0 Å². The van der Waals surface area contributed by atoms with Gasteiger partial charge in [-0.3, -0.25) is 0 Å². The van der Waals surface area contributed by atoms with Crippen LogP contribution in [0.25, 0.3) is 0 Å². The Morgan fingerprint density at radius 2 is 1.32 bits per heavy atom. The van der Waals surface area contributed by atoms with Crippen LogP contribution in [0.5, 0.6) is 0 Å². The summed E-state index contributed by atoms with van der Waals surface area (Å²) in [5.74, 6) is 3.26. The maximum absolute atomic E-state index is 9.33. The van der Waals surface area contributed by atoms with Crippen molar-refractivity contribution in [2.24, 2.45) is 0 Å². The normalized spacial score (nSPS) is 11.0. The average molecular weight is 309 g/mol. The van der Waals surface area contributed by atoms with Crippen molar-refractivity contribution in [3.8, 4) is 23.6 Å². The minimum atomic E-state index is -1.83. The Hall–Kier alpha value is -2.02. The molecular formula is C19H24N2Si. The third kappa shape index (κ3) is 3.24. The summed E-state index contributed by atoms with van der Waals surface area (Å²) in [6, 6.07) is 9.51. The predicted molar refractivity (Wildman–Crippen MR) is 93.8 cm³/mol. The predicted octanol–water partition coefficient (Wildman–Crippen LogP) is 5.00. The number of benzene rings is 1. The second kappa shape index (κ2) is 7.30. The maximum atomic E-state index is 9.33. The van der Waals surface area contributed by atoms with E-state index in [2.05, 4.69) is 65.1 Å². The molecule has 0 heterocycles. The van der Waals surface area contributed by atoms with Gasteiger partial charge < -0.3 is 0 Å². The molecule has 1 aromatic carbocycles. The highest BCUT2D eigenvalue weighted by atomic mass is 28.3. The lowest BCUT2D eigenvalue weighted by molar-refractivity contribution is 0.838. The summed E-state index contributed by atoms with van der Waals surface area (Å²) in [6.45, 7) is 13.6. The van der Waals surface area contributed by atoms with E-state index in [9.17, 15) is 5.26 Å². The van der Waals surface area contributed by atoms with Gasteiger partial charge in [-0.1, -0.05) is 53.5 Å². The van der Waals surface area contributed by atoms with Gasteiger partial charge in [-0.05, 0) is 28.8 Å². The molecule has 0 saturated heterocycles. The van der Waals surface area contributed by atoms with Crippen LogP contribution < -0.4 is 0 Å². The number of rotatable bonds is 3. The Balaban J connectivity index is 3.50. The third-order valence-electron chi connectivity index (χ3n) is 4.58. The molecule has 0 N–H and O–H groups in total. The van der Waals surface area contributed by atoms with Crippen molar-refractivity contribution in [3.63, 3.8) is 0 Å². The van der Waals surface area contributed by atoms with Crippen LogP contribution in [0, 0.1) is 34.1 Å². The summed E-state index contributed by atoms with van der Waals surface area (Å²) in [7, 11) is -1.83. The van der Waals surface area contributed by atoms with E-state index in [0.29, 0.717) is 33.3 Å². The monoisotopic (exact) mass is 308 g/mol. The van der Waals surface area contributed by atoms with Gasteiger partial charge in [0.15, 0.2) is 0 Å². The summed E-state index contributed by atoms with van der Waals surface area (Å²) in [5.41, 5.74) is 6.72. The minimum Gasteiger partial charge on any atom is -0.192 e. The molecule has 22 heavy (non-hydrogen) atoms. The molecule has 0 unspecified atom stereocenters. The lowest BCUT2D eigenvalue weighted by Crippen LogP contribution is -2.43. The molecule has 0 atom stereocenters. The molecule has 0 aliphatic carbocycles. The quantitative estimate of drug-likeness (QED) is 0.582. The van der Waals surface area contributed by atoms with Crippen molar-refractivity contribution in [1.82, 2.24) is 0 Å². The first kappa shape index (κ1) is 18.0. The fourth-order valence-electron chi connectivity index (χ4n) is 3.48. The molecule has 0 bridgehead atoms. The molecule has 0 spiro atoms. The third-order valence-corrected chi connectivity index (χ3v) is 10.9. The second-order valence-electron chi connectivity index (χ2n) is 6.60. The van der Waals surface area contributed by atoms with Crippen molar-refractivity contribution in [3.05, 3.63) is 34.9 Å². The molecule has 0 radical (unpaired) electrons. The van der Waals surface area contributed by atoms with Gasteiger partial charge in [0.1, 0.15) is 20.2 Å². The maximum Gasteiger partial charge on any atom is 0.146 e. The van der Waals surface area contributed by atoms with Crippen LogP contribution in [0.1, 0.15) is 58.2 Å². The lowest BCUT2D eigenvalue weighted by atomic mass is 10.0. The van der Waals surface area contributed by atoms with E-state index in [1.54, 1.807) is 12.1 Å². The Bertz CT molecular complexity index is 654. The lowest BCUT2D eigenvalue weighted by Gasteiger charge is -2.38. The fraction of sp³-hybridized carbons (Fsp3) is 0.474. The Morgan fingerprint density at radius 3 is 1.73 bits per heavy atom. The second-order valence-corrected chi connectivity index (χ2v) is 12.2. The van der Waals surface area contributed by atoms with E-state index in [4.69, 9.17) is 5.26 Å². The van der Waals surface area contributed by atoms with E-state index in [-0.39, 0.29) is 0 Å². The van der Waals surface area contributed by atoms with E-state index >= 15 is 0 Å². The molecule has 1 aromatic rings. The number of nitrogens with zero attached hydrogens (tertiary/aromatic N) is 2. The number of hydrogen-bond donors (Lipinski definition) is 0. The highest BCUT2D eigenvalue weighted by Crippen LogP contribution is 2.40. The Labute approximate surface area is 135 Å². The van der Waals surface area contributed by atoms with Gasteiger partial charge in [-0.15, -0.1) is 5.54 Å².